The monoisotopic (exact) mass is 421 g/mol. The zero-order valence-electron chi connectivity index (χ0n) is 18.8. The summed E-state index contributed by atoms with van der Waals surface area (Å²) < 4.78 is 0. The number of guanidine groups is 1. The van der Waals surface area contributed by atoms with Gasteiger partial charge in [-0.05, 0) is 17.5 Å². The molecule has 0 bridgehead atoms. The van der Waals surface area contributed by atoms with Crippen LogP contribution in [0.15, 0.2) is 65.7 Å². The van der Waals surface area contributed by atoms with Gasteiger partial charge in [-0.15, -0.1) is 0 Å². The standard InChI is InChI=1S/C25H35N5O/c1-21(31)30-19-17-29(18-20-30)16-15-28-25(26-2)27-14-13-24(22-9-5-3-6-10-22)23-11-7-4-8-12-23/h3-12,24H,13-20H2,1-2H3,(H2,26,27,28). The Balaban J connectivity index is 1.44. The maximum absolute atomic E-state index is 11.4. The Kier molecular flexibility index (Phi) is 8.91. The van der Waals surface area contributed by atoms with Crippen molar-refractivity contribution >= 4 is 11.9 Å². The van der Waals surface area contributed by atoms with Crippen LogP contribution >= 0.6 is 0 Å². The second-order valence-corrected chi connectivity index (χ2v) is 7.94. The fraction of sp³-hybridized carbons (Fsp3) is 0.440. The number of nitrogens with zero attached hydrogens (tertiary/aromatic N) is 3. The third-order valence-electron chi connectivity index (χ3n) is 5.89. The lowest BCUT2D eigenvalue weighted by Gasteiger charge is -2.34. The van der Waals surface area contributed by atoms with E-state index in [1.165, 1.54) is 11.1 Å². The van der Waals surface area contributed by atoms with E-state index in [1.54, 1.807) is 6.92 Å². The molecule has 0 spiro atoms. The van der Waals surface area contributed by atoms with E-state index >= 15 is 0 Å². The molecule has 166 valence electrons. The Hall–Kier alpha value is -2.86. The molecule has 3 rings (SSSR count). The van der Waals surface area contributed by atoms with E-state index in [1.807, 2.05) is 11.9 Å². The van der Waals surface area contributed by atoms with Crippen LogP contribution in [-0.4, -0.2) is 74.5 Å². The fourth-order valence-electron chi connectivity index (χ4n) is 4.07. The summed E-state index contributed by atoms with van der Waals surface area (Å²) in [4.78, 5) is 20.1. The number of hydrogen-bond donors (Lipinski definition) is 2. The minimum atomic E-state index is 0.173. The summed E-state index contributed by atoms with van der Waals surface area (Å²) in [6.07, 6.45) is 0.988. The number of nitrogens with one attached hydrogen (secondary N) is 2. The van der Waals surface area contributed by atoms with Gasteiger partial charge in [0.25, 0.3) is 0 Å². The number of aliphatic imine (C=N–C) groups is 1. The normalized spacial score (nSPS) is 15.2. The van der Waals surface area contributed by atoms with Crippen molar-refractivity contribution in [2.24, 2.45) is 4.99 Å². The molecular weight excluding hydrogens is 386 g/mol. The van der Waals surface area contributed by atoms with Crippen molar-refractivity contribution in [1.82, 2.24) is 20.4 Å². The summed E-state index contributed by atoms with van der Waals surface area (Å²) in [6, 6.07) is 21.4. The van der Waals surface area contributed by atoms with E-state index < -0.39 is 0 Å². The smallest absolute Gasteiger partial charge is 0.219 e. The van der Waals surface area contributed by atoms with E-state index in [4.69, 9.17) is 0 Å². The molecule has 2 aromatic carbocycles. The molecule has 1 aliphatic heterocycles. The molecule has 0 radical (unpaired) electrons. The van der Waals surface area contributed by atoms with Gasteiger partial charge in [-0.2, -0.15) is 0 Å². The van der Waals surface area contributed by atoms with Crippen LogP contribution in [0.5, 0.6) is 0 Å². The number of benzene rings is 2. The number of rotatable bonds is 8. The van der Waals surface area contributed by atoms with Crippen LogP contribution in [0.4, 0.5) is 0 Å². The van der Waals surface area contributed by atoms with Crippen LogP contribution in [0.1, 0.15) is 30.4 Å². The number of amides is 1. The summed E-state index contributed by atoms with van der Waals surface area (Å²) in [5.74, 6) is 1.36. The maximum atomic E-state index is 11.4. The highest BCUT2D eigenvalue weighted by atomic mass is 16.2. The van der Waals surface area contributed by atoms with Crippen molar-refractivity contribution in [2.45, 2.75) is 19.3 Å². The highest BCUT2D eigenvalue weighted by Gasteiger charge is 2.18. The predicted molar refractivity (Wildman–Crippen MR) is 127 cm³/mol. The van der Waals surface area contributed by atoms with Crippen molar-refractivity contribution in [1.29, 1.82) is 0 Å². The van der Waals surface area contributed by atoms with Crippen LogP contribution in [0, 0.1) is 0 Å². The predicted octanol–water partition coefficient (Wildman–Crippen LogP) is 2.54. The van der Waals surface area contributed by atoms with Crippen molar-refractivity contribution < 1.29 is 4.79 Å². The van der Waals surface area contributed by atoms with Gasteiger partial charge in [0, 0.05) is 65.7 Å². The highest BCUT2D eigenvalue weighted by Crippen LogP contribution is 2.27. The number of hydrogen-bond acceptors (Lipinski definition) is 3. The van der Waals surface area contributed by atoms with E-state index in [0.717, 1.165) is 58.2 Å². The summed E-state index contributed by atoms with van der Waals surface area (Å²) in [5, 5.41) is 6.89. The van der Waals surface area contributed by atoms with Gasteiger partial charge in [0.1, 0.15) is 0 Å². The van der Waals surface area contributed by atoms with Gasteiger partial charge in [-0.25, -0.2) is 0 Å². The second-order valence-electron chi connectivity index (χ2n) is 7.94. The molecular formula is C25H35N5O. The summed E-state index contributed by atoms with van der Waals surface area (Å²) >= 11 is 0. The van der Waals surface area contributed by atoms with Crippen LogP contribution in [0.3, 0.4) is 0 Å². The molecule has 0 aliphatic carbocycles. The molecule has 0 aromatic heterocycles. The molecule has 2 aromatic rings. The fourth-order valence-corrected chi connectivity index (χ4v) is 4.07. The Morgan fingerprint density at radius 1 is 0.903 bits per heavy atom. The molecule has 2 N–H and O–H groups in total. The van der Waals surface area contributed by atoms with Crippen molar-refractivity contribution in [2.75, 3.05) is 52.9 Å². The summed E-state index contributed by atoms with van der Waals surface area (Å²) in [6.45, 7) is 7.78. The van der Waals surface area contributed by atoms with Gasteiger partial charge in [0.15, 0.2) is 5.96 Å². The zero-order valence-corrected chi connectivity index (χ0v) is 18.8. The highest BCUT2D eigenvalue weighted by molar-refractivity contribution is 5.79. The summed E-state index contributed by atoms with van der Waals surface area (Å²) in [7, 11) is 1.81. The van der Waals surface area contributed by atoms with E-state index in [2.05, 4.69) is 81.2 Å². The molecule has 1 heterocycles. The van der Waals surface area contributed by atoms with Gasteiger partial charge in [0.05, 0.1) is 0 Å². The Morgan fingerprint density at radius 2 is 1.45 bits per heavy atom. The maximum Gasteiger partial charge on any atom is 0.219 e. The van der Waals surface area contributed by atoms with Gasteiger partial charge in [-0.3, -0.25) is 14.7 Å². The van der Waals surface area contributed by atoms with Crippen LogP contribution in [0.2, 0.25) is 0 Å². The van der Waals surface area contributed by atoms with Gasteiger partial charge in [0.2, 0.25) is 5.91 Å². The first-order chi connectivity index (χ1) is 15.2. The largest absolute Gasteiger partial charge is 0.356 e. The molecule has 0 atom stereocenters. The van der Waals surface area contributed by atoms with Crippen molar-refractivity contribution in [3.8, 4) is 0 Å². The lowest BCUT2D eigenvalue weighted by atomic mass is 9.88. The topological polar surface area (TPSA) is 60.0 Å². The molecule has 1 amide bonds. The Morgan fingerprint density at radius 3 is 1.97 bits per heavy atom. The Labute approximate surface area is 186 Å². The molecule has 1 saturated heterocycles. The van der Waals surface area contributed by atoms with E-state index in [0.29, 0.717) is 5.92 Å². The third kappa shape index (κ3) is 7.10. The molecule has 1 fully saturated rings. The van der Waals surface area contributed by atoms with E-state index in [9.17, 15) is 4.79 Å². The van der Waals surface area contributed by atoms with Crippen molar-refractivity contribution in [3.05, 3.63) is 71.8 Å². The summed E-state index contributed by atoms with van der Waals surface area (Å²) in [5.41, 5.74) is 2.67. The molecule has 6 heteroatoms. The van der Waals surface area contributed by atoms with Crippen LogP contribution in [0.25, 0.3) is 0 Å². The molecule has 31 heavy (non-hydrogen) atoms. The number of piperazine rings is 1. The number of carbonyl (C=O) groups is 1. The Bertz CT molecular complexity index is 777. The first kappa shape index (κ1) is 22.8. The minimum absolute atomic E-state index is 0.173. The van der Waals surface area contributed by atoms with Crippen LogP contribution < -0.4 is 10.6 Å². The molecule has 0 unspecified atom stereocenters. The second kappa shape index (κ2) is 12.1. The zero-order chi connectivity index (χ0) is 21.9. The van der Waals surface area contributed by atoms with Gasteiger partial charge >= 0.3 is 0 Å². The van der Waals surface area contributed by atoms with Gasteiger partial charge < -0.3 is 15.5 Å². The van der Waals surface area contributed by atoms with Crippen molar-refractivity contribution in [3.63, 3.8) is 0 Å². The van der Waals surface area contributed by atoms with E-state index in [-0.39, 0.29) is 5.91 Å². The van der Waals surface area contributed by atoms with Gasteiger partial charge in [-0.1, -0.05) is 60.7 Å². The van der Waals surface area contributed by atoms with Crippen LogP contribution in [-0.2, 0) is 4.79 Å². The quantitative estimate of drug-likeness (QED) is 0.508. The first-order valence-electron chi connectivity index (χ1n) is 11.2. The molecule has 0 saturated carbocycles. The molecule has 6 nitrogen and oxygen atoms in total. The lowest BCUT2D eigenvalue weighted by Crippen LogP contribution is -2.50. The SMILES string of the molecule is CN=C(NCCC(c1ccccc1)c1ccccc1)NCCN1CCN(C(C)=O)CC1. The number of carbonyl (C=O) groups excluding carboxylic acids is 1. The average molecular weight is 422 g/mol. The molecule has 1 aliphatic rings. The minimum Gasteiger partial charge on any atom is -0.356 e. The lowest BCUT2D eigenvalue weighted by molar-refractivity contribution is -0.130. The average Bonchev–Trinajstić information content (AvgIpc) is 2.82. The third-order valence-corrected chi connectivity index (χ3v) is 5.89. The first-order valence-corrected chi connectivity index (χ1v) is 11.2.